The summed E-state index contributed by atoms with van der Waals surface area (Å²) < 4.78 is 2.35. The molecule has 0 bridgehead atoms. The fourth-order valence-corrected chi connectivity index (χ4v) is 4.91. The van der Waals surface area contributed by atoms with E-state index in [0.717, 1.165) is 34.9 Å². The van der Waals surface area contributed by atoms with Crippen LogP contribution in [-0.2, 0) is 22.2 Å². The quantitative estimate of drug-likeness (QED) is 0.461. The van der Waals surface area contributed by atoms with Crippen molar-refractivity contribution in [2.75, 3.05) is 6.54 Å². The fraction of sp³-hybridized carbons (Fsp3) is 0.645. The number of hydrogen-bond acceptors (Lipinski definition) is 3. The number of nitrogens with one attached hydrogen (secondary N) is 1. The number of amides is 2. The van der Waals surface area contributed by atoms with Gasteiger partial charge in [0.2, 0.25) is 5.91 Å². The number of pyridine rings is 1. The number of primary amides is 1. The lowest BCUT2D eigenvalue weighted by Crippen LogP contribution is -2.42. The van der Waals surface area contributed by atoms with E-state index in [1.807, 2.05) is 13.0 Å². The maximum atomic E-state index is 13.4. The molecule has 3 N–H and O–H groups in total. The molecule has 0 aliphatic heterocycles. The van der Waals surface area contributed by atoms with E-state index in [2.05, 4.69) is 63.6 Å². The van der Waals surface area contributed by atoms with Gasteiger partial charge in [0.25, 0.3) is 5.91 Å². The van der Waals surface area contributed by atoms with Gasteiger partial charge in [-0.3, -0.25) is 14.6 Å². The third-order valence-corrected chi connectivity index (χ3v) is 7.79. The van der Waals surface area contributed by atoms with E-state index in [1.54, 1.807) is 13.8 Å². The largest absolute Gasteiger partial charge is 0.369 e. The van der Waals surface area contributed by atoms with Gasteiger partial charge < -0.3 is 15.6 Å². The van der Waals surface area contributed by atoms with Crippen LogP contribution in [0.4, 0.5) is 0 Å². The second-order valence-corrected chi connectivity index (χ2v) is 13.7. The van der Waals surface area contributed by atoms with Crippen molar-refractivity contribution in [3.63, 3.8) is 0 Å². The van der Waals surface area contributed by atoms with Crippen LogP contribution in [-0.4, -0.2) is 27.9 Å². The molecule has 1 fully saturated rings. The number of rotatable bonds is 7. The van der Waals surface area contributed by atoms with Crippen LogP contribution in [0.1, 0.15) is 115 Å². The van der Waals surface area contributed by atoms with Gasteiger partial charge in [-0.05, 0) is 57.7 Å². The van der Waals surface area contributed by atoms with Crippen molar-refractivity contribution in [2.24, 2.45) is 17.1 Å². The normalized spacial score (nSPS) is 15.6. The predicted octanol–water partition coefficient (Wildman–Crippen LogP) is 6.28. The summed E-state index contributed by atoms with van der Waals surface area (Å²) in [6, 6.07) is 6.41. The monoisotopic (exact) mass is 508 g/mol. The summed E-state index contributed by atoms with van der Waals surface area (Å²) in [6.45, 7) is 19.8. The van der Waals surface area contributed by atoms with Gasteiger partial charge in [0.15, 0.2) is 0 Å². The summed E-state index contributed by atoms with van der Waals surface area (Å²) in [5.74, 6) is 0.00668. The molecule has 1 aliphatic carbocycles. The minimum Gasteiger partial charge on any atom is -0.369 e. The van der Waals surface area contributed by atoms with Crippen LogP contribution in [0.3, 0.4) is 0 Å². The highest BCUT2D eigenvalue weighted by Crippen LogP contribution is 2.35. The van der Waals surface area contributed by atoms with Crippen molar-refractivity contribution < 1.29 is 9.59 Å². The lowest BCUT2D eigenvalue weighted by Gasteiger charge is -2.26. The van der Waals surface area contributed by atoms with Gasteiger partial charge in [-0.15, -0.1) is 0 Å². The molecule has 2 aromatic rings. The molecule has 2 heterocycles. The van der Waals surface area contributed by atoms with Gasteiger partial charge in [0, 0.05) is 52.3 Å². The number of aromatic nitrogens is 2. The van der Waals surface area contributed by atoms with Gasteiger partial charge in [-0.2, -0.15) is 0 Å². The summed E-state index contributed by atoms with van der Waals surface area (Å²) in [5, 5.41) is 2.96. The Bertz CT molecular complexity index is 1110. The number of hydrogen-bond donors (Lipinski definition) is 2. The Morgan fingerprint density at radius 1 is 0.946 bits per heavy atom. The van der Waals surface area contributed by atoms with Crippen LogP contribution in [0.5, 0.6) is 0 Å². The molecule has 6 heteroatoms. The SMILES string of the molecule is Cc1c(C(=O)NCC(C)(C)C(N)=O)cc(-c2cc(C(C)(C)C)nc(C(C)(C)C)c2)n1CC1CCCCC1. The molecule has 6 nitrogen and oxygen atoms in total. The summed E-state index contributed by atoms with van der Waals surface area (Å²) in [7, 11) is 0. The molecule has 0 aromatic carbocycles. The van der Waals surface area contributed by atoms with E-state index in [9.17, 15) is 9.59 Å². The number of nitrogens with two attached hydrogens (primary N) is 1. The van der Waals surface area contributed by atoms with E-state index in [0.29, 0.717) is 11.5 Å². The lowest BCUT2D eigenvalue weighted by atomic mass is 9.86. The molecule has 3 rings (SSSR count). The number of nitrogens with zero attached hydrogens (tertiary/aromatic N) is 2. The van der Waals surface area contributed by atoms with Crippen molar-refractivity contribution >= 4 is 11.8 Å². The summed E-state index contributed by atoms with van der Waals surface area (Å²) >= 11 is 0. The highest BCUT2D eigenvalue weighted by atomic mass is 16.2. The minimum absolute atomic E-state index is 0.105. The van der Waals surface area contributed by atoms with E-state index >= 15 is 0 Å². The van der Waals surface area contributed by atoms with Crippen molar-refractivity contribution in [1.29, 1.82) is 0 Å². The molecule has 37 heavy (non-hydrogen) atoms. The summed E-state index contributed by atoms with van der Waals surface area (Å²) in [4.78, 5) is 30.2. The highest BCUT2D eigenvalue weighted by molar-refractivity contribution is 5.97. The first-order valence-electron chi connectivity index (χ1n) is 13.8. The Kier molecular flexibility index (Phi) is 8.31. The molecule has 0 atom stereocenters. The fourth-order valence-electron chi connectivity index (χ4n) is 4.91. The average molecular weight is 509 g/mol. The first kappa shape index (κ1) is 28.9. The van der Waals surface area contributed by atoms with E-state index in [-0.39, 0.29) is 23.3 Å². The highest BCUT2D eigenvalue weighted by Gasteiger charge is 2.29. The summed E-state index contributed by atoms with van der Waals surface area (Å²) in [6.07, 6.45) is 6.30. The molecule has 204 valence electrons. The van der Waals surface area contributed by atoms with Crippen LogP contribution >= 0.6 is 0 Å². The molecule has 0 radical (unpaired) electrons. The number of carbonyl (C=O) groups excluding carboxylic acids is 2. The van der Waals surface area contributed by atoms with Crippen molar-refractivity contribution in [3.8, 4) is 11.3 Å². The average Bonchev–Trinajstić information content (AvgIpc) is 3.12. The Morgan fingerprint density at radius 3 is 1.97 bits per heavy atom. The third-order valence-electron chi connectivity index (χ3n) is 7.79. The second-order valence-electron chi connectivity index (χ2n) is 13.7. The lowest BCUT2D eigenvalue weighted by molar-refractivity contribution is -0.125. The van der Waals surface area contributed by atoms with Gasteiger partial charge >= 0.3 is 0 Å². The Balaban J connectivity index is 2.12. The number of carbonyl (C=O) groups is 2. The van der Waals surface area contributed by atoms with Gasteiger partial charge in [0.1, 0.15) is 0 Å². The zero-order chi connectivity index (χ0) is 27.8. The first-order chi connectivity index (χ1) is 17.0. The molecule has 1 aliphatic rings. The molecule has 2 aromatic heterocycles. The van der Waals surface area contributed by atoms with Crippen molar-refractivity contribution in [1.82, 2.24) is 14.9 Å². The van der Waals surface area contributed by atoms with Crippen LogP contribution in [0.25, 0.3) is 11.3 Å². The zero-order valence-corrected chi connectivity index (χ0v) is 24.5. The van der Waals surface area contributed by atoms with Gasteiger partial charge in [-0.1, -0.05) is 60.8 Å². The van der Waals surface area contributed by atoms with E-state index < -0.39 is 11.3 Å². The molecule has 0 saturated heterocycles. The molecule has 0 spiro atoms. The minimum atomic E-state index is -0.814. The van der Waals surface area contributed by atoms with Gasteiger partial charge in [-0.25, -0.2) is 0 Å². The van der Waals surface area contributed by atoms with Crippen LogP contribution in [0.2, 0.25) is 0 Å². The Morgan fingerprint density at radius 2 is 1.49 bits per heavy atom. The zero-order valence-electron chi connectivity index (χ0n) is 24.5. The van der Waals surface area contributed by atoms with Gasteiger partial charge in [0.05, 0.1) is 11.0 Å². The Labute approximate surface area is 223 Å². The molecular formula is C31H48N4O2. The molecule has 1 saturated carbocycles. The van der Waals surface area contributed by atoms with Crippen LogP contribution < -0.4 is 11.1 Å². The molecule has 2 amide bonds. The third kappa shape index (κ3) is 6.82. The van der Waals surface area contributed by atoms with E-state index in [4.69, 9.17) is 10.7 Å². The summed E-state index contributed by atoms with van der Waals surface area (Å²) in [5.41, 5.74) is 10.4. The van der Waals surface area contributed by atoms with Crippen LogP contribution in [0, 0.1) is 18.3 Å². The first-order valence-corrected chi connectivity index (χ1v) is 13.8. The topological polar surface area (TPSA) is 90.0 Å². The maximum Gasteiger partial charge on any atom is 0.253 e. The maximum absolute atomic E-state index is 13.4. The molecular weight excluding hydrogens is 460 g/mol. The smallest absolute Gasteiger partial charge is 0.253 e. The molecule has 0 unspecified atom stereocenters. The predicted molar refractivity (Wildman–Crippen MR) is 152 cm³/mol. The van der Waals surface area contributed by atoms with E-state index in [1.165, 1.54) is 32.1 Å². The second kappa shape index (κ2) is 10.6. The standard InChI is InChI=1S/C31H48N4O2/c1-20-23(27(36)33-19-31(8,9)28(32)37)17-24(35(20)18-21-13-11-10-12-14-21)22-15-25(29(2,3)4)34-26(16-22)30(5,6)7/h15-17,21H,10-14,18-19H2,1-9H3,(H2,32,37)(H,33,36). The van der Waals surface area contributed by atoms with Crippen molar-refractivity contribution in [2.45, 2.75) is 112 Å². The Hall–Kier alpha value is -2.63. The van der Waals surface area contributed by atoms with Crippen molar-refractivity contribution in [3.05, 3.63) is 40.8 Å². The van der Waals surface area contributed by atoms with Crippen LogP contribution in [0.15, 0.2) is 18.2 Å².